The minimum atomic E-state index is -0.267. The monoisotopic (exact) mass is 283 g/mol. The van der Waals surface area contributed by atoms with Crippen LogP contribution in [0.3, 0.4) is 0 Å². The number of rotatable bonds is 6. The van der Waals surface area contributed by atoms with Gasteiger partial charge in [0.15, 0.2) is 5.16 Å². The number of aryl methyl sites for hydroxylation is 1. The van der Waals surface area contributed by atoms with Crippen molar-refractivity contribution in [2.45, 2.75) is 44.0 Å². The van der Waals surface area contributed by atoms with Gasteiger partial charge in [0.05, 0.1) is 5.25 Å². The van der Waals surface area contributed by atoms with Gasteiger partial charge in [0.1, 0.15) is 0 Å². The third-order valence-corrected chi connectivity index (χ3v) is 3.85. The molecule has 1 unspecified atom stereocenters. The van der Waals surface area contributed by atoms with E-state index in [9.17, 15) is 9.59 Å². The van der Waals surface area contributed by atoms with Crippen molar-refractivity contribution in [2.75, 3.05) is 6.54 Å². The summed E-state index contributed by atoms with van der Waals surface area (Å²) in [5, 5.41) is 3.18. The second-order valence-electron chi connectivity index (χ2n) is 4.48. The number of hydrogen-bond acceptors (Lipinski definition) is 4. The Bertz CT molecular complexity index is 499. The van der Waals surface area contributed by atoms with Crippen LogP contribution in [0.25, 0.3) is 0 Å². The van der Waals surface area contributed by atoms with E-state index < -0.39 is 0 Å². The van der Waals surface area contributed by atoms with Crippen LogP contribution in [0, 0.1) is 6.92 Å². The first-order chi connectivity index (χ1) is 8.95. The molecular formula is C13H21N3O2S. The molecule has 0 aliphatic carbocycles. The third-order valence-electron chi connectivity index (χ3n) is 2.70. The summed E-state index contributed by atoms with van der Waals surface area (Å²) in [6.07, 6.45) is 2.03. The third kappa shape index (κ3) is 4.70. The molecule has 1 amide bonds. The molecule has 1 rings (SSSR count). The summed E-state index contributed by atoms with van der Waals surface area (Å²) < 4.78 is 1.47. The van der Waals surface area contributed by atoms with Crippen LogP contribution in [0.4, 0.5) is 0 Å². The zero-order valence-electron chi connectivity index (χ0n) is 11.9. The molecule has 0 radical (unpaired) electrons. The van der Waals surface area contributed by atoms with Crippen molar-refractivity contribution < 1.29 is 4.79 Å². The Balaban J connectivity index is 2.69. The highest BCUT2D eigenvalue weighted by Crippen LogP contribution is 2.19. The van der Waals surface area contributed by atoms with E-state index in [0.29, 0.717) is 17.4 Å². The summed E-state index contributed by atoms with van der Waals surface area (Å²) in [6, 6.07) is 1.48. The molecule has 1 N–H and O–H groups in total. The Labute approximate surface area is 117 Å². The SMILES string of the molecule is CCCCNC(=O)C(C)Sc1nc(C)cc(=O)n1C. The highest BCUT2D eigenvalue weighted by atomic mass is 32.2. The maximum Gasteiger partial charge on any atom is 0.254 e. The molecular weight excluding hydrogens is 262 g/mol. The standard InChI is InChI=1S/C13H21N3O2S/c1-5-6-7-14-12(18)10(3)19-13-15-9(2)8-11(17)16(13)4/h8,10H,5-7H2,1-4H3,(H,14,18). The maximum absolute atomic E-state index is 11.9. The fourth-order valence-corrected chi connectivity index (χ4v) is 2.43. The molecule has 0 aliphatic rings. The lowest BCUT2D eigenvalue weighted by molar-refractivity contribution is -0.120. The van der Waals surface area contributed by atoms with Crippen molar-refractivity contribution >= 4 is 17.7 Å². The predicted molar refractivity (Wildman–Crippen MR) is 77.5 cm³/mol. The normalized spacial score (nSPS) is 12.2. The summed E-state index contributed by atoms with van der Waals surface area (Å²) in [4.78, 5) is 27.8. The average molecular weight is 283 g/mol. The molecule has 1 aromatic rings. The van der Waals surface area contributed by atoms with E-state index in [-0.39, 0.29) is 16.7 Å². The summed E-state index contributed by atoms with van der Waals surface area (Å²) in [5.74, 6) is -0.0193. The minimum Gasteiger partial charge on any atom is -0.355 e. The summed E-state index contributed by atoms with van der Waals surface area (Å²) in [7, 11) is 1.67. The van der Waals surface area contributed by atoms with Crippen LogP contribution in [-0.4, -0.2) is 27.3 Å². The largest absolute Gasteiger partial charge is 0.355 e. The number of unbranched alkanes of at least 4 members (excludes halogenated alkanes) is 1. The molecule has 19 heavy (non-hydrogen) atoms. The van der Waals surface area contributed by atoms with Crippen molar-refractivity contribution in [1.82, 2.24) is 14.9 Å². The van der Waals surface area contributed by atoms with Crippen LogP contribution in [0.1, 0.15) is 32.4 Å². The van der Waals surface area contributed by atoms with Crippen molar-refractivity contribution in [2.24, 2.45) is 7.05 Å². The molecule has 0 bridgehead atoms. The molecule has 1 atom stereocenters. The van der Waals surface area contributed by atoms with E-state index in [1.54, 1.807) is 14.0 Å². The van der Waals surface area contributed by atoms with Gasteiger partial charge in [-0.15, -0.1) is 0 Å². The zero-order chi connectivity index (χ0) is 14.4. The van der Waals surface area contributed by atoms with Gasteiger partial charge in [-0.3, -0.25) is 14.2 Å². The first-order valence-electron chi connectivity index (χ1n) is 6.44. The first kappa shape index (κ1) is 15.8. The van der Waals surface area contributed by atoms with Crippen molar-refractivity contribution in [3.63, 3.8) is 0 Å². The molecule has 1 heterocycles. The number of carbonyl (C=O) groups excluding carboxylic acids is 1. The van der Waals surface area contributed by atoms with E-state index in [0.717, 1.165) is 12.8 Å². The number of carbonyl (C=O) groups is 1. The maximum atomic E-state index is 11.9. The van der Waals surface area contributed by atoms with Crippen LogP contribution < -0.4 is 10.9 Å². The fourth-order valence-electron chi connectivity index (χ4n) is 1.48. The molecule has 0 spiro atoms. The highest BCUT2D eigenvalue weighted by Gasteiger charge is 2.16. The number of amides is 1. The van der Waals surface area contributed by atoms with Crippen LogP contribution in [-0.2, 0) is 11.8 Å². The van der Waals surface area contributed by atoms with E-state index in [1.165, 1.54) is 22.4 Å². The quantitative estimate of drug-likeness (QED) is 0.488. The smallest absolute Gasteiger partial charge is 0.254 e. The molecule has 6 heteroatoms. The summed E-state index contributed by atoms with van der Waals surface area (Å²) >= 11 is 1.30. The Kier molecular flexibility index (Phi) is 6.08. The number of aromatic nitrogens is 2. The molecule has 1 aromatic heterocycles. The van der Waals surface area contributed by atoms with Crippen LogP contribution >= 0.6 is 11.8 Å². The average Bonchev–Trinajstić information content (AvgIpc) is 2.35. The summed E-state index contributed by atoms with van der Waals surface area (Å²) in [6.45, 7) is 6.37. The van der Waals surface area contributed by atoms with Crippen LogP contribution in [0.15, 0.2) is 16.0 Å². The Morgan fingerprint density at radius 1 is 1.58 bits per heavy atom. The van der Waals surface area contributed by atoms with Gasteiger partial charge in [-0.05, 0) is 20.3 Å². The molecule has 0 saturated carbocycles. The van der Waals surface area contributed by atoms with Crippen molar-refractivity contribution in [3.8, 4) is 0 Å². The molecule has 0 saturated heterocycles. The molecule has 0 aliphatic heterocycles. The fraction of sp³-hybridized carbons (Fsp3) is 0.615. The number of nitrogens with one attached hydrogen (secondary N) is 1. The topological polar surface area (TPSA) is 64.0 Å². The van der Waals surface area contributed by atoms with Crippen LogP contribution in [0.2, 0.25) is 0 Å². The van der Waals surface area contributed by atoms with Gasteiger partial charge in [-0.1, -0.05) is 25.1 Å². The first-order valence-corrected chi connectivity index (χ1v) is 7.32. The Morgan fingerprint density at radius 2 is 2.26 bits per heavy atom. The van der Waals surface area contributed by atoms with Crippen LogP contribution in [0.5, 0.6) is 0 Å². The van der Waals surface area contributed by atoms with E-state index in [2.05, 4.69) is 17.2 Å². The van der Waals surface area contributed by atoms with E-state index in [1.807, 2.05) is 6.92 Å². The molecule has 0 aromatic carbocycles. The van der Waals surface area contributed by atoms with Gasteiger partial charge in [-0.2, -0.15) is 0 Å². The Hall–Kier alpha value is -1.30. The van der Waals surface area contributed by atoms with E-state index in [4.69, 9.17) is 0 Å². The highest BCUT2D eigenvalue weighted by molar-refractivity contribution is 8.00. The van der Waals surface area contributed by atoms with Gasteiger partial charge in [0.25, 0.3) is 5.56 Å². The van der Waals surface area contributed by atoms with Gasteiger partial charge in [0.2, 0.25) is 5.91 Å². The zero-order valence-corrected chi connectivity index (χ0v) is 12.7. The lowest BCUT2D eigenvalue weighted by atomic mass is 10.3. The predicted octanol–water partition coefficient (Wildman–Crippen LogP) is 1.49. The van der Waals surface area contributed by atoms with Gasteiger partial charge >= 0.3 is 0 Å². The second kappa shape index (κ2) is 7.33. The van der Waals surface area contributed by atoms with Gasteiger partial charge in [0, 0.05) is 25.4 Å². The number of nitrogens with zero attached hydrogens (tertiary/aromatic N) is 2. The summed E-state index contributed by atoms with van der Waals surface area (Å²) in [5.41, 5.74) is 0.567. The molecule has 0 fully saturated rings. The van der Waals surface area contributed by atoms with E-state index >= 15 is 0 Å². The van der Waals surface area contributed by atoms with Crippen molar-refractivity contribution in [3.05, 3.63) is 22.1 Å². The Morgan fingerprint density at radius 3 is 2.89 bits per heavy atom. The lowest BCUT2D eigenvalue weighted by Gasteiger charge is -2.13. The second-order valence-corrected chi connectivity index (χ2v) is 5.79. The number of hydrogen-bond donors (Lipinski definition) is 1. The van der Waals surface area contributed by atoms with Gasteiger partial charge in [-0.25, -0.2) is 4.98 Å². The minimum absolute atomic E-state index is 0.0193. The lowest BCUT2D eigenvalue weighted by Crippen LogP contribution is -2.32. The van der Waals surface area contributed by atoms with Gasteiger partial charge < -0.3 is 5.32 Å². The van der Waals surface area contributed by atoms with Crippen molar-refractivity contribution in [1.29, 1.82) is 0 Å². The molecule has 106 valence electrons. The number of thioether (sulfide) groups is 1. The molecule has 5 nitrogen and oxygen atoms in total.